The Balaban J connectivity index is -0.000000125. The second kappa shape index (κ2) is 10.5. The molecule has 0 fully saturated rings. The van der Waals surface area contributed by atoms with Gasteiger partial charge in [-0.1, -0.05) is 6.92 Å². The molecule has 0 N–H and O–H groups in total. The van der Waals surface area contributed by atoms with E-state index in [4.69, 9.17) is 0 Å². The summed E-state index contributed by atoms with van der Waals surface area (Å²) in [4.78, 5) is 9.90. The van der Waals surface area contributed by atoms with Gasteiger partial charge < -0.3 is 12.2 Å². The molecule has 44 valence electrons. The predicted molar refractivity (Wildman–Crippen MR) is 28.2 cm³/mol. The molecule has 0 aliphatic heterocycles. The fraction of sp³-hybridized carbons (Fsp3) is 0.400. The molecular formula is C5H10O2Y+. The van der Waals surface area contributed by atoms with Crippen LogP contribution in [0.5, 0.6) is 0 Å². The molecule has 0 aromatic heterocycles. The van der Waals surface area contributed by atoms with Crippen molar-refractivity contribution in [3.8, 4) is 0 Å². The molecule has 0 saturated carbocycles. The molecule has 0 spiro atoms. The number of carbonyl (C=O) groups excluding carboxylic acids is 1. The molecule has 0 saturated heterocycles. The first-order chi connectivity index (χ1) is 2.81. The van der Waals surface area contributed by atoms with E-state index in [0.29, 0.717) is 6.42 Å². The van der Waals surface area contributed by atoms with Crippen molar-refractivity contribution in [1.29, 1.82) is 0 Å². The summed E-state index contributed by atoms with van der Waals surface area (Å²) in [5.41, 5.74) is 0. The molecule has 0 unspecified atom stereocenters. The van der Waals surface area contributed by atoms with E-state index in [-0.39, 0.29) is 46.1 Å². The van der Waals surface area contributed by atoms with Crippen LogP contribution in [0.25, 0.3) is 0 Å². The summed E-state index contributed by atoms with van der Waals surface area (Å²) in [6.45, 7) is 1.72. The van der Waals surface area contributed by atoms with E-state index in [1.54, 1.807) is 6.92 Å². The maximum Gasteiger partial charge on any atom is 3.00 e. The molecule has 0 radical (unpaired) electrons. The number of hydrogen-bond donors (Lipinski definition) is 0. The normalized spacial score (nSPS) is 5.75. The van der Waals surface area contributed by atoms with Gasteiger partial charge in [0.15, 0.2) is 0 Å². The van der Waals surface area contributed by atoms with Gasteiger partial charge in [0, 0.05) is 6.42 Å². The maximum atomic E-state index is 9.90. The van der Waals surface area contributed by atoms with Crippen LogP contribution in [0.15, 0.2) is 0 Å². The van der Waals surface area contributed by atoms with Gasteiger partial charge >= 0.3 is 32.7 Å². The minimum absolute atomic E-state index is 0. The quantitative estimate of drug-likeness (QED) is 0.459. The monoisotopic (exact) mass is 191 g/mol. The third-order valence-corrected chi connectivity index (χ3v) is 0.450. The summed E-state index contributed by atoms with van der Waals surface area (Å²) in [6, 6.07) is 0. The Kier molecular flexibility index (Phi) is 20.8. The van der Waals surface area contributed by atoms with Crippen LogP contribution in [0, 0.1) is 14.5 Å². The Bertz CT molecular complexity index is 48.4. The number of ether oxygens (including phenoxy) is 1. The van der Waals surface area contributed by atoms with E-state index >= 15 is 0 Å². The van der Waals surface area contributed by atoms with E-state index in [9.17, 15) is 4.79 Å². The van der Waals surface area contributed by atoms with Gasteiger partial charge in [-0.15, -0.1) is 0 Å². The summed E-state index contributed by atoms with van der Waals surface area (Å²) in [6.07, 6.45) is 0.406. The smallest absolute Gasteiger partial charge is 0.640 e. The van der Waals surface area contributed by atoms with Gasteiger partial charge in [0.05, 0.1) is 0 Å². The zero-order valence-electron chi connectivity index (χ0n) is 5.31. The van der Waals surface area contributed by atoms with Crippen molar-refractivity contribution in [2.75, 3.05) is 0 Å². The first-order valence-corrected chi connectivity index (χ1v) is 1.76. The Labute approximate surface area is 75.9 Å². The van der Waals surface area contributed by atoms with Crippen LogP contribution < -0.4 is 0 Å². The van der Waals surface area contributed by atoms with Crippen molar-refractivity contribution in [2.24, 2.45) is 0 Å². The summed E-state index contributed by atoms with van der Waals surface area (Å²) in [7, 11) is 2.91. The van der Waals surface area contributed by atoms with Gasteiger partial charge in [0.25, 0.3) is 5.97 Å². The van der Waals surface area contributed by atoms with E-state index in [2.05, 4.69) is 11.8 Å². The first-order valence-electron chi connectivity index (χ1n) is 1.76. The van der Waals surface area contributed by atoms with Gasteiger partial charge in [-0.3, -0.25) is 4.79 Å². The second-order valence-corrected chi connectivity index (χ2v) is 0.870. The topological polar surface area (TPSA) is 26.3 Å². The molecule has 0 amide bonds. The third-order valence-electron chi connectivity index (χ3n) is 0.450. The molecule has 0 aliphatic carbocycles. The molecule has 3 heteroatoms. The van der Waals surface area contributed by atoms with Crippen LogP contribution in [-0.2, 0) is 42.2 Å². The largest absolute Gasteiger partial charge is 3.00 e. The van der Waals surface area contributed by atoms with Crippen molar-refractivity contribution < 1.29 is 42.2 Å². The third kappa shape index (κ3) is 9.76. The molecule has 0 aromatic rings. The van der Waals surface area contributed by atoms with Crippen molar-refractivity contribution in [3.63, 3.8) is 0 Å². The first kappa shape index (κ1) is 15.8. The van der Waals surface area contributed by atoms with E-state index < -0.39 is 0 Å². The van der Waals surface area contributed by atoms with Gasteiger partial charge in [-0.05, 0) is 0 Å². The van der Waals surface area contributed by atoms with Gasteiger partial charge in [0.1, 0.15) is 0 Å². The van der Waals surface area contributed by atoms with Crippen molar-refractivity contribution in [1.82, 2.24) is 0 Å². The Hall–Kier alpha value is 0.574. The van der Waals surface area contributed by atoms with Gasteiger partial charge in [0.2, 0.25) is 0 Å². The van der Waals surface area contributed by atoms with E-state index in [1.807, 2.05) is 0 Å². The number of hydrogen-bond acceptors (Lipinski definition) is 2. The van der Waals surface area contributed by atoms with Crippen LogP contribution in [-0.4, -0.2) is 5.97 Å². The zero-order valence-corrected chi connectivity index (χ0v) is 8.15. The molecule has 0 atom stereocenters. The van der Waals surface area contributed by atoms with Crippen molar-refractivity contribution >= 4 is 5.97 Å². The minimum Gasteiger partial charge on any atom is -0.640 e. The van der Waals surface area contributed by atoms with Crippen LogP contribution in [0.4, 0.5) is 0 Å². The Morgan fingerprint density at radius 2 is 2.12 bits per heavy atom. The number of esters is 1. The fourth-order valence-corrected chi connectivity index (χ4v) is 0.102. The molecule has 0 aliphatic rings. The van der Waals surface area contributed by atoms with E-state index in [1.165, 1.54) is 0 Å². The molecular weight excluding hydrogens is 181 g/mol. The van der Waals surface area contributed by atoms with Crippen LogP contribution in [0.2, 0.25) is 0 Å². The molecule has 0 rings (SSSR count). The Morgan fingerprint density at radius 3 is 2.12 bits per heavy atom. The van der Waals surface area contributed by atoms with Gasteiger partial charge in [-0.2, -0.15) is 7.11 Å². The molecule has 8 heavy (non-hydrogen) atoms. The van der Waals surface area contributed by atoms with Crippen molar-refractivity contribution in [2.45, 2.75) is 13.3 Å². The summed E-state index contributed by atoms with van der Waals surface area (Å²) >= 11 is 0. The molecule has 0 heterocycles. The predicted octanol–water partition coefficient (Wildman–Crippen LogP) is 1.18. The van der Waals surface area contributed by atoms with Crippen LogP contribution in [0.3, 0.4) is 0 Å². The second-order valence-electron chi connectivity index (χ2n) is 0.870. The molecule has 0 aromatic carbocycles. The summed E-state index contributed by atoms with van der Waals surface area (Å²) in [5.74, 6) is -0.269. The SMILES string of the molecule is [CH2-]OC(=O)CC.[CH3-].[Y+3]. The fourth-order valence-electron chi connectivity index (χ4n) is 0.102. The van der Waals surface area contributed by atoms with Crippen LogP contribution in [0.1, 0.15) is 13.3 Å². The van der Waals surface area contributed by atoms with Gasteiger partial charge in [-0.25, -0.2) is 0 Å². The molecule has 2 nitrogen and oxygen atoms in total. The summed E-state index contributed by atoms with van der Waals surface area (Å²) in [5, 5.41) is 0. The summed E-state index contributed by atoms with van der Waals surface area (Å²) < 4.78 is 4.01. The Morgan fingerprint density at radius 1 is 1.75 bits per heavy atom. The van der Waals surface area contributed by atoms with E-state index in [0.717, 1.165) is 0 Å². The van der Waals surface area contributed by atoms with Crippen molar-refractivity contribution in [3.05, 3.63) is 14.5 Å². The zero-order chi connectivity index (χ0) is 4.99. The minimum atomic E-state index is -0.269. The average molecular weight is 191 g/mol. The molecule has 0 bridgehead atoms. The average Bonchev–Trinajstić information content (AvgIpc) is 1.65. The standard InChI is InChI=1S/C4H7O2.CH3.Y/c1-3-4(5)6-2;;/h2-3H2,1H3;1H3;/q2*-1;+3. The maximum absolute atomic E-state index is 9.90. The number of carbonyl (C=O) groups is 1. The number of rotatable bonds is 1. The van der Waals surface area contributed by atoms with Crippen LogP contribution >= 0.6 is 0 Å².